The predicted molar refractivity (Wildman–Crippen MR) is 70.1 cm³/mol. The van der Waals surface area contributed by atoms with E-state index in [0.717, 1.165) is 10.4 Å². The highest BCUT2D eigenvalue weighted by Gasteiger charge is 2.08. The van der Waals surface area contributed by atoms with Gasteiger partial charge in [0, 0.05) is 13.3 Å². The summed E-state index contributed by atoms with van der Waals surface area (Å²) in [5.74, 6) is 0.181. The van der Waals surface area contributed by atoms with Gasteiger partial charge in [-0.3, -0.25) is 9.59 Å². The molecule has 0 spiro atoms. The van der Waals surface area contributed by atoms with Crippen molar-refractivity contribution in [1.29, 1.82) is 0 Å². The van der Waals surface area contributed by atoms with Gasteiger partial charge in [-0.1, -0.05) is 18.2 Å². The molecule has 0 atom stereocenters. The minimum absolute atomic E-state index is 0.0741. The van der Waals surface area contributed by atoms with Crippen LogP contribution in [0.25, 0.3) is 0 Å². The smallest absolute Gasteiger partial charge is 0.308 e. The molecule has 3 nitrogen and oxygen atoms in total. The predicted octanol–water partition coefficient (Wildman–Crippen LogP) is 3.10. The molecule has 1 aromatic heterocycles. The zero-order valence-corrected chi connectivity index (χ0v) is 10.7. The van der Waals surface area contributed by atoms with Gasteiger partial charge in [-0.05, 0) is 29.1 Å². The van der Waals surface area contributed by atoms with Crippen LogP contribution in [0.4, 0.5) is 0 Å². The molecule has 0 radical (unpaired) electrons. The number of hydrogen-bond acceptors (Lipinski definition) is 4. The molecule has 18 heavy (non-hydrogen) atoms. The molecular weight excluding hydrogens is 248 g/mol. The quantitative estimate of drug-likeness (QED) is 0.482. The van der Waals surface area contributed by atoms with E-state index >= 15 is 0 Å². The second-order valence-electron chi connectivity index (χ2n) is 3.82. The number of hydrogen-bond donors (Lipinski definition) is 0. The Labute approximate surface area is 109 Å². The topological polar surface area (TPSA) is 43.4 Å². The first-order valence-electron chi connectivity index (χ1n) is 5.49. The van der Waals surface area contributed by atoms with Gasteiger partial charge in [-0.15, -0.1) is 11.3 Å². The number of carbonyl (C=O) groups excluding carboxylic acids is 2. The lowest BCUT2D eigenvalue weighted by atomic mass is 10.1. The molecule has 0 fully saturated rings. The maximum absolute atomic E-state index is 11.9. The molecule has 0 saturated carbocycles. The van der Waals surface area contributed by atoms with Crippen LogP contribution in [0, 0.1) is 0 Å². The van der Waals surface area contributed by atoms with Gasteiger partial charge in [0.1, 0.15) is 5.75 Å². The number of esters is 1. The summed E-state index contributed by atoms with van der Waals surface area (Å²) in [6, 6.07) is 10.7. The number of Topliss-reactive ketones (excluding diaryl/α,β-unsaturated/α-hetero) is 1. The third-order valence-electron chi connectivity index (χ3n) is 2.32. The van der Waals surface area contributed by atoms with Gasteiger partial charge in [-0.2, -0.15) is 0 Å². The van der Waals surface area contributed by atoms with E-state index < -0.39 is 0 Å². The molecule has 0 N–H and O–H groups in total. The Balaban J connectivity index is 2.10. The third kappa shape index (κ3) is 3.28. The minimum Gasteiger partial charge on any atom is -0.427 e. The van der Waals surface area contributed by atoms with Crippen molar-refractivity contribution in [2.24, 2.45) is 0 Å². The van der Waals surface area contributed by atoms with Crippen LogP contribution in [-0.2, 0) is 11.2 Å². The number of rotatable bonds is 4. The van der Waals surface area contributed by atoms with Crippen molar-refractivity contribution in [3.8, 4) is 5.75 Å². The Hall–Kier alpha value is -1.94. The van der Waals surface area contributed by atoms with E-state index in [0.29, 0.717) is 12.2 Å². The van der Waals surface area contributed by atoms with Crippen molar-refractivity contribution >= 4 is 23.1 Å². The van der Waals surface area contributed by atoms with Crippen LogP contribution in [0.1, 0.15) is 22.2 Å². The van der Waals surface area contributed by atoms with E-state index in [9.17, 15) is 9.59 Å². The summed E-state index contributed by atoms with van der Waals surface area (Å²) in [7, 11) is 0. The SMILES string of the molecule is CC(=O)Oc1cccc(CC(=O)c2cccs2)c1. The lowest BCUT2D eigenvalue weighted by Gasteiger charge is -2.04. The van der Waals surface area contributed by atoms with Crippen LogP contribution in [0.5, 0.6) is 5.75 Å². The van der Waals surface area contributed by atoms with E-state index in [1.54, 1.807) is 18.2 Å². The number of thiophene rings is 1. The Morgan fingerprint density at radius 3 is 2.72 bits per heavy atom. The number of ether oxygens (including phenoxy) is 1. The van der Waals surface area contributed by atoms with Gasteiger partial charge in [-0.25, -0.2) is 0 Å². The maximum atomic E-state index is 11.9. The van der Waals surface area contributed by atoms with Gasteiger partial charge < -0.3 is 4.74 Å². The standard InChI is InChI=1S/C14H12O3S/c1-10(15)17-12-5-2-4-11(8-12)9-13(16)14-6-3-7-18-14/h2-8H,9H2,1H3. The lowest BCUT2D eigenvalue weighted by Crippen LogP contribution is -2.04. The van der Waals surface area contributed by atoms with Crippen LogP contribution in [0.15, 0.2) is 41.8 Å². The molecule has 1 aromatic carbocycles. The molecule has 0 aliphatic rings. The Morgan fingerprint density at radius 2 is 2.06 bits per heavy atom. The fraction of sp³-hybridized carbons (Fsp3) is 0.143. The van der Waals surface area contributed by atoms with Gasteiger partial charge in [0.25, 0.3) is 0 Å². The molecular formula is C14H12O3S. The van der Waals surface area contributed by atoms with Crippen LogP contribution >= 0.6 is 11.3 Å². The number of ketones is 1. The fourth-order valence-corrected chi connectivity index (χ4v) is 2.26. The van der Waals surface area contributed by atoms with Crippen molar-refractivity contribution < 1.29 is 14.3 Å². The monoisotopic (exact) mass is 260 g/mol. The largest absolute Gasteiger partial charge is 0.427 e. The average molecular weight is 260 g/mol. The molecule has 0 bridgehead atoms. The summed E-state index contributed by atoms with van der Waals surface area (Å²) >= 11 is 1.43. The van der Waals surface area contributed by atoms with Gasteiger partial charge >= 0.3 is 5.97 Å². The van der Waals surface area contributed by atoms with Gasteiger partial charge in [0.05, 0.1) is 4.88 Å². The van der Waals surface area contributed by atoms with Crippen molar-refractivity contribution in [3.63, 3.8) is 0 Å². The number of benzene rings is 1. The molecule has 4 heteroatoms. The van der Waals surface area contributed by atoms with Gasteiger partial charge in [0.15, 0.2) is 5.78 Å². The first-order chi connectivity index (χ1) is 8.65. The Bertz CT molecular complexity index is 558. The molecule has 0 aliphatic carbocycles. The summed E-state index contributed by atoms with van der Waals surface area (Å²) < 4.78 is 4.98. The summed E-state index contributed by atoms with van der Waals surface area (Å²) in [6.45, 7) is 1.35. The Kier molecular flexibility index (Phi) is 3.89. The van der Waals surface area contributed by atoms with Crippen molar-refractivity contribution in [2.75, 3.05) is 0 Å². The van der Waals surface area contributed by atoms with Crippen molar-refractivity contribution in [3.05, 3.63) is 52.2 Å². The van der Waals surface area contributed by atoms with E-state index in [-0.39, 0.29) is 11.8 Å². The van der Waals surface area contributed by atoms with E-state index in [1.807, 2.05) is 23.6 Å². The fourth-order valence-electron chi connectivity index (χ4n) is 1.59. The summed E-state index contributed by atoms with van der Waals surface area (Å²) in [4.78, 5) is 23.5. The van der Waals surface area contributed by atoms with Crippen LogP contribution in [0.3, 0.4) is 0 Å². The molecule has 2 aromatic rings. The Morgan fingerprint density at radius 1 is 1.22 bits per heavy atom. The molecule has 1 heterocycles. The third-order valence-corrected chi connectivity index (χ3v) is 3.23. The summed E-state index contributed by atoms with van der Waals surface area (Å²) in [6.07, 6.45) is 0.315. The highest BCUT2D eigenvalue weighted by atomic mass is 32.1. The van der Waals surface area contributed by atoms with E-state index in [4.69, 9.17) is 4.74 Å². The van der Waals surface area contributed by atoms with E-state index in [1.165, 1.54) is 18.3 Å². The highest BCUT2D eigenvalue weighted by Crippen LogP contribution is 2.17. The van der Waals surface area contributed by atoms with Crippen LogP contribution in [0.2, 0.25) is 0 Å². The molecule has 0 amide bonds. The highest BCUT2D eigenvalue weighted by molar-refractivity contribution is 7.12. The van der Waals surface area contributed by atoms with Gasteiger partial charge in [0.2, 0.25) is 0 Å². The second kappa shape index (κ2) is 5.60. The zero-order chi connectivity index (χ0) is 13.0. The molecule has 0 saturated heterocycles. The second-order valence-corrected chi connectivity index (χ2v) is 4.77. The summed E-state index contributed by atoms with van der Waals surface area (Å²) in [5.41, 5.74) is 0.840. The van der Waals surface area contributed by atoms with Crippen molar-refractivity contribution in [2.45, 2.75) is 13.3 Å². The summed E-state index contributed by atoms with van der Waals surface area (Å²) in [5, 5.41) is 1.88. The first kappa shape index (κ1) is 12.5. The molecule has 0 aliphatic heterocycles. The maximum Gasteiger partial charge on any atom is 0.308 e. The molecule has 2 rings (SSSR count). The lowest BCUT2D eigenvalue weighted by molar-refractivity contribution is -0.131. The van der Waals surface area contributed by atoms with Crippen molar-refractivity contribution in [1.82, 2.24) is 0 Å². The minimum atomic E-state index is -0.364. The van der Waals surface area contributed by atoms with Crippen LogP contribution < -0.4 is 4.74 Å². The molecule has 92 valence electrons. The van der Waals surface area contributed by atoms with E-state index in [2.05, 4.69) is 0 Å². The number of carbonyl (C=O) groups is 2. The van der Waals surface area contributed by atoms with Crippen LogP contribution in [-0.4, -0.2) is 11.8 Å². The average Bonchev–Trinajstić information content (AvgIpc) is 2.81. The molecule has 0 unspecified atom stereocenters. The normalized spacial score (nSPS) is 10.1. The first-order valence-corrected chi connectivity index (χ1v) is 6.37. The zero-order valence-electron chi connectivity index (χ0n) is 9.88.